The van der Waals surface area contributed by atoms with E-state index in [0.717, 1.165) is 50.9 Å². The Morgan fingerprint density at radius 1 is 1.00 bits per heavy atom. The van der Waals surface area contributed by atoms with Gasteiger partial charge in [-0.15, -0.1) is 0 Å². The first-order valence-electron chi connectivity index (χ1n) is 12.0. The maximum absolute atomic E-state index is 13.1. The van der Waals surface area contributed by atoms with Crippen molar-refractivity contribution < 1.29 is 9.59 Å². The smallest absolute Gasteiger partial charge is 0.253 e. The molecule has 0 aromatic heterocycles. The minimum atomic E-state index is -0.0670. The second kappa shape index (κ2) is 10.2. The Bertz CT molecular complexity index is 929. The molecule has 0 spiro atoms. The van der Waals surface area contributed by atoms with Crippen molar-refractivity contribution in [2.45, 2.75) is 46.0 Å². The highest BCUT2D eigenvalue weighted by Gasteiger charge is 2.30. The molecule has 1 aliphatic carbocycles. The lowest BCUT2D eigenvalue weighted by Crippen LogP contribution is -2.36. The van der Waals surface area contributed by atoms with Crippen molar-refractivity contribution in [3.63, 3.8) is 0 Å². The third kappa shape index (κ3) is 5.90. The van der Waals surface area contributed by atoms with Crippen molar-refractivity contribution in [1.82, 2.24) is 5.32 Å². The Hall–Kier alpha value is -2.82. The number of nitrogens with one attached hydrogen (secondary N) is 2. The molecule has 0 unspecified atom stereocenters. The number of nitrogens with zero attached hydrogens (tertiary/aromatic N) is 1. The van der Waals surface area contributed by atoms with Crippen molar-refractivity contribution in [1.29, 1.82) is 0 Å². The van der Waals surface area contributed by atoms with E-state index in [4.69, 9.17) is 0 Å². The van der Waals surface area contributed by atoms with E-state index in [1.54, 1.807) is 0 Å². The van der Waals surface area contributed by atoms with Crippen LogP contribution in [0.1, 0.15) is 55.5 Å². The Morgan fingerprint density at radius 2 is 1.72 bits per heavy atom. The lowest BCUT2D eigenvalue weighted by molar-refractivity contribution is -0.117. The van der Waals surface area contributed by atoms with Crippen LogP contribution in [0.25, 0.3) is 0 Å². The number of hydrogen-bond donors (Lipinski definition) is 2. The Balaban J connectivity index is 1.46. The predicted molar refractivity (Wildman–Crippen MR) is 130 cm³/mol. The zero-order valence-corrected chi connectivity index (χ0v) is 19.3. The van der Waals surface area contributed by atoms with Gasteiger partial charge in [0.15, 0.2) is 0 Å². The molecule has 0 atom stereocenters. The summed E-state index contributed by atoms with van der Waals surface area (Å²) >= 11 is 0. The van der Waals surface area contributed by atoms with Crippen molar-refractivity contribution in [2.75, 3.05) is 29.9 Å². The molecule has 1 saturated heterocycles. The first-order chi connectivity index (χ1) is 15.5. The van der Waals surface area contributed by atoms with E-state index in [0.29, 0.717) is 29.6 Å². The SMILES string of the molecule is CC(C)CNC(=O)c1cc(NC(=O)C2CC2)ccc1N1CCC(Cc2ccccc2)CC1. The summed E-state index contributed by atoms with van der Waals surface area (Å²) in [4.78, 5) is 27.6. The van der Waals surface area contributed by atoms with E-state index in [-0.39, 0.29) is 17.7 Å². The van der Waals surface area contributed by atoms with Gasteiger partial charge in [-0.3, -0.25) is 9.59 Å². The molecule has 2 aromatic carbocycles. The van der Waals surface area contributed by atoms with Crippen molar-refractivity contribution in [3.8, 4) is 0 Å². The first-order valence-corrected chi connectivity index (χ1v) is 12.0. The fraction of sp³-hybridized carbons (Fsp3) is 0.481. The number of piperidine rings is 1. The van der Waals surface area contributed by atoms with Crippen LogP contribution in [0.2, 0.25) is 0 Å². The summed E-state index contributed by atoms with van der Waals surface area (Å²) < 4.78 is 0. The molecule has 32 heavy (non-hydrogen) atoms. The molecule has 1 aliphatic heterocycles. The fourth-order valence-electron chi connectivity index (χ4n) is 4.38. The van der Waals surface area contributed by atoms with Gasteiger partial charge in [-0.2, -0.15) is 0 Å². The standard InChI is InChI=1S/C27H35N3O2/c1-19(2)18-28-27(32)24-17-23(29-26(31)22-8-9-22)10-11-25(24)30-14-12-21(13-15-30)16-20-6-4-3-5-7-20/h3-7,10-11,17,19,21-22H,8-9,12-16,18H2,1-2H3,(H,28,32)(H,29,31). The molecule has 2 aromatic rings. The van der Waals surface area contributed by atoms with Crippen LogP contribution in [0, 0.1) is 17.8 Å². The van der Waals surface area contributed by atoms with E-state index in [1.165, 1.54) is 5.56 Å². The van der Waals surface area contributed by atoms with Gasteiger partial charge >= 0.3 is 0 Å². The molecule has 5 nitrogen and oxygen atoms in total. The Morgan fingerprint density at radius 3 is 2.38 bits per heavy atom. The molecule has 0 radical (unpaired) electrons. The van der Waals surface area contributed by atoms with Crippen molar-refractivity contribution in [3.05, 3.63) is 59.7 Å². The molecule has 1 saturated carbocycles. The maximum Gasteiger partial charge on any atom is 0.253 e. The average molecular weight is 434 g/mol. The zero-order valence-electron chi connectivity index (χ0n) is 19.3. The molecule has 2 fully saturated rings. The maximum atomic E-state index is 13.1. The zero-order chi connectivity index (χ0) is 22.5. The summed E-state index contributed by atoms with van der Waals surface area (Å²) in [7, 11) is 0. The second-order valence-electron chi connectivity index (χ2n) is 9.72. The van der Waals surface area contributed by atoms with Crippen molar-refractivity contribution in [2.24, 2.45) is 17.8 Å². The van der Waals surface area contributed by atoms with E-state index < -0.39 is 0 Å². The number of amides is 2. The predicted octanol–water partition coefficient (Wildman–Crippen LogP) is 4.88. The minimum absolute atomic E-state index is 0.0630. The van der Waals surface area contributed by atoms with E-state index >= 15 is 0 Å². The number of rotatable bonds is 8. The third-order valence-electron chi connectivity index (χ3n) is 6.45. The van der Waals surface area contributed by atoms with Gasteiger partial charge in [-0.25, -0.2) is 0 Å². The van der Waals surface area contributed by atoms with Crippen LogP contribution in [-0.4, -0.2) is 31.4 Å². The third-order valence-corrected chi connectivity index (χ3v) is 6.45. The van der Waals surface area contributed by atoms with Crippen LogP contribution in [0.5, 0.6) is 0 Å². The van der Waals surface area contributed by atoms with Crippen LogP contribution in [-0.2, 0) is 11.2 Å². The van der Waals surface area contributed by atoms with Crippen LogP contribution in [0.4, 0.5) is 11.4 Å². The molecule has 5 heteroatoms. The normalized spacial score (nSPS) is 16.8. The molecular weight excluding hydrogens is 398 g/mol. The van der Waals surface area contributed by atoms with E-state index in [2.05, 4.69) is 59.7 Å². The van der Waals surface area contributed by atoms with Crippen molar-refractivity contribution >= 4 is 23.2 Å². The van der Waals surface area contributed by atoms with Crippen LogP contribution >= 0.6 is 0 Å². The Kier molecular flexibility index (Phi) is 7.13. The summed E-state index contributed by atoms with van der Waals surface area (Å²) in [5, 5.41) is 6.05. The molecule has 0 bridgehead atoms. The van der Waals surface area contributed by atoms with Crippen LogP contribution in [0.15, 0.2) is 48.5 Å². The lowest BCUT2D eigenvalue weighted by Gasteiger charge is -2.35. The highest BCUT2D eigenvalue weighted by atomic mass is 16.2. The number of carbonyl (C=O) groups is 2. The molecule has 2 N–H and O–H groups in total. The molecule has 1 heterocycles. The van der Waals surface area contributed by atoms with Gasteiger partial charge in [0.25, 0.3) is 5.91 Å². The van der Waals surface area contributed by atoms with E-state index in [9.17, 15) is 9.59 Å². The molecule has 2 aliphatic rings. The molecule has 2 amide bonds. The second-order valence-corrected chi connectivity index (χ2v) is 9.72. The van der Waals surface area contributed by atoms with Gasteiger partial charge in [-0.05, 0) is 67.7 Å². The monoisotopic (exact) mass is 433 g/mol. The summed E-state index contributed by atoms with van der Waals surface area (Å²) in [6.45, 7) is 6.69. The lowest BCUT2D eigenvalue weighted by atomic mass is 9.89. The highest BCUT2D eigenvalue weighted by molar-refractivity contribution is 6.02. The molecule has 4 rings (SSSR count). The number of benzene rings is 2. The highest BCUT2D eigenvalue weighted by Crippen LogP contribution is 2.32. The van der Waals surface area contributed by atoms with Gasteiger partial charge in [0.2, 0.25) is 5.91 Å². The number of anilines is 2. The van der Waals surface area contributed by atoms with Crippen LogP contribution < -0.4 is 15.5 Å². The molecular formula is C27H35N3O2. The largest absolute Gasteiger partial charge is 0.371 e. The summed E-state index contributed by atoms with van der Waals surface area (Å²) in [5.41, 5.74) is 3.73. The quantitative estimate of drug-likeness (QED) is 0.624. The van der Waals surface area contributed by atoms with Gasteiger partial charge in [0.05, 0.1) is 5.56 Å². The Labute approximate surface area is 191 Å². The summed E-state index contributed by atoms with van der Waals surface area (Å²) in [5.74, 6) is 1.19. The fourth-order valence-corrected chi connectivity index (χ4v) is 4.38. The minimum Gasteiger partial charge on any atom is -0.371 e. The van der Waals surface area contributed by atoms with Crippen LogP contribution in [0.3, 0.4) is 0 Å². The van der Waals surface area contributed by atoms with E-state index in [1.807, 2.05) is 18.2 Å². The topological polar surface area (TPSA) is 61.4 Å². The number of hydrogen-bond acceptors (Lipinski definition) is 3. The summed E-state index contributed by atoms with van der Waals surface area (Å²) in [6.07, 6.45) is 5.26. The first kappa shape index (κ1) is 22.4. The summed E-state index contributed by atoms with van der Waals surface area (Å²) in [6, 6.07) is 16.5. The number of carbonyl (C=O) groups excluding carboxylic acids is 2. The van der Waals surface area contributed by atoms with Gasteiger partial charge in [-0.1, -0.05) is 44.2 Å². The molecule has 170 valence electrons. The average Bonchev–Trinajstić information content (AvgIpc) is 3.64. The van der Waals surface area contributed by atoms with Gasteiger partial charge in [0.1, 0.15) is 0 Å². The van der Waals surface area contributed by atoms with Gasteiger partial charge < -0.3 is 15.5 Å². The van der Waals surface area contributed by atoms with Gasteiger partial charge in [0, 0.05) is 36.9 Å².